The minimum Gasteiger partial charge on any atom is -0.490 e. The van der Waals surface area contributed by atoms with Crippen LogP contribution in [0.5, 0.6) is 5.75 Å². The molecule has 9 nitrogen and oxygen atoms in total. The maximum atomic E-state index is 13.8. The van der Waals surface area contributed by atoms with Gasteiger partial charge in [0.2, 0.25) is 0 Å². The van der Waals surface area contributed by atoms with E-state index in [-0.39, 0.29) is 6.10 Å². The lowest BCUT2D eigenvalue weighted by molar-refractivity contribution is -0.229. The van der Waals surface area contributed by atoms with Gasteiger partial charge >= 0.3 is 18.1 Å². The Bertz CT molecular complexity index is 1150. The molecule has 12 heteroatoms. The summed E-state index contributed by atoms with van der Waals surface area (Å²) in [4.78, 5) is 34.3. The molecule has 2 aromatic rings. The smallest absolute Gasteiger partial charge is 0.490 e. The first-order valence-electron chi connectivity index (χ1n) is 10.8. The highest BCUT2D eigenvalue weighted by atomic mass is 19.4. The van der Waals surface area contributed by atoms with Crippen molar-refractivity contribution in [2.75, 3.05) is 7.05 Å². The fraction of sp³-hybridized carbons (Fsp3) is 0.455. The molecule has 3 heterocycles. The summed E-state index contributed by atoms with van der Waals surface area (Å²) in [6.45, 7) is 0. The Morgan fingerprint density at radius 1 is 1.24 bits per heavy atom. The highest BCUT2D eigenvalue weighted by molar-refractivity contribution is 5.93. The second kappa shape index (κ2) is 7.64. The van der Waals surface area contributed by atoms with Crippen molar-refractivity contribution in [2.45, 2.75) is 49.5 Å². The molecule has 1 saturated carbocycles. The summed E-state index contributed by atoms with van der Waals surface area (Å²) >= 11 is 0. The van der Waals surface area contributed by atoms with E-state index < -0.39 is 35.5 Å². The van der Waals surface area contributed by atoms with E-state index >= 15 is 0 Å². The van der Waals surface area contributed by atoms with Gasteiger partial charge in [0, 0.05) is 36.5 Å². The quantitative estimate of drug-likeness (QED) is 0.498. The van der Waals surface area contributed by atoms with Crippen molar-refractivity contribution < 1.29 is 32.2 Å². The number of nitrogens with zero attached hydrogens (tertiary/aromatic N) is 3. The molecule has 1 aromatic carbocycles. The van der Waals surface area contributed by atoms with E-state index in [0.717, 1.165) is 17.7 Å². The van der Waals surface area contributed by atoms with E-state index in [1.54, 1.807) is 30.6 Å². The Hall–Kier alpha value is -3.25. The van der Waals surface area contributed by atoms with Crippen molar-refractivity contribution in [3.05, 3.63) is 42.5 Å². The maximum Gasteiger partial charge on any atom is 0.491 e. The third-order valence-electron chi connectivity index (χ3n) is 6.83. The van der Waals surface area contributed by atoms with E-state index in [9.17, 15) is 22.8 Å². The number of carbonyl (C=O) groups excluding carboxylic acids is 2. The van der Waals surface area contributed by atoms with Crippen LogP contribution in [0.15, 0.2) is 36.9 Å². The Morgan fingerprint density at radius 2 is 1.94 bits per heavy atom. The number of alkyl halides is 3. The molecular formula is C22H22F3N5O4. The van der Waals surface area contributed by atoms with Crippen molar-refractivity contribution >= 4 is 11.9 Å². The molecule has 2 fully saturated rings. The van der Waals surface area contributed by atoms with Gasteiger partial charge in [-0.05, 0) is 37.0 Å². The van der Waals surface area contributed by atoms with Crippen LogP contribution in [-0.2, 0) is 19.9 Å². The number of ether oxygens (including phenoxy) is 2. The van der Waals surface area contributed by atoms with Gasteiger partial charge in [-0.1, -0.05) is 12.5 Å². The normalized spacial score (nSPS) is 30.5. The Morgan fingerprint density at radius 3 is 2.65 bits per heavy atom. The Kier molecular flexibility index (Phi) is 5.06. The number of fused-ring (bicyclic) bond motifs is 4. The Labute approximate surface area is 192 Å². The molecule has 1 aromatic heterocycles. The zero-order chi connectivity index (χ0) is 24.3. The van der Waals surface area contributed by atoms with Crippen LogP contribution in [0.25, 0.3) is 11.1 Å². The zero-order valence-corrected chi connectivity index (χ0v) is 18.1. The molecule has 0 radical (unpaired) electrons. The largest absolute Gasteiger partial charge is 0.491 e. The number of nitrogens with one attached hydrogen (secondary N) is 1. The monoisotopic (exact) mass is 477 g/mol. The van der Waals surface area contributed by atoms with Gasteiger partial charge in [0.05, 0.1) is 0 Å². The standard InChI is InChI=1S/C22H22F3N5O4/c1-30-18(31)20(29-22(30,26)34-19(32)21(23,24)25)14-4-2-3-5-16(14)33-17-7-6-12(8-15(17)20)13-9-27-11-28-10-13/h6-11,14,16,29H,2-5,26H2,1H3. The van der Waals surface area contributed by atoms with Crippen LogP contribution in [0.4, 0.5) is 13.2 Å². The van der Waals surface area contributed by atoms with E-state index in [2.05, 4.69) is 20.0 Å². The third kappa shape index (κ3) is 3.31. The number of nitrogens with two attached hydrogens (primary N) is 1. The number of amides is 1. The number of hydrogen-bond acceptors (Lipinski definition) is 8. The fourth-order valence-corrected chi connectivity index (χ4v) is 5.23. The van der Waals surface area contributed by atoms with E-state index in [1.807, 2.05) is 0 Å². The summed E-state index contributed by atoms with van der Waals surface area (Å²) in [5.41, 5.74) is 6.32. The average molecular weight is 477 g/mol. The van der Waals surface area contributed by atoms with Gasteiger partial charge in [-0.25, -0.2) is 20.1 Å². The van der Waals surface area contributed by atoms with Crippen LogP contribution in [0.3, 0.4) is 0 Å². The molecule has 1 amide bonds. The Balaban J connectivity index is 1.65. The number of hydrogen-bond donors (Lipinski definition) is 2. The van der Waals surface area contributed by atoms with Gasteiger partial charge in [-0.2, -0.15) is 13.2 Å². The van der Waals surface area contributed by atoms with Gasteiger partial charge in [0.1, 0.15) is 23.7 Å². The number of esters is 1. The lowest BCUT2D eigenvalue weighted by Gasteiger charge is -2.47. The predicted molar refractivity (Wildman–Crippen MR) is 110 cm³/mol. The first-order chi connectivity index (χ1) is 16.1. The molecule has 4 atom stereocenters. The van der Waals surface area contributed by atoms with Gasteiger partial charge in [-0.3, -0.25) is 15.4 Å². The summed E-state index contributed by atoms with van der Waals surface area (Å²) < 4.78 is 49.8. The molecule has 1 spiro atoms. The number of aromatic nitrogens is 2. The van der Waals surface area contributed by atoms with Gasteiger partial charge in [-0.15, -0.1) is 0 Å². The van der Waals surface area contributed by atoms with Crippen molar-refractivity contribution in [3.8, 4) is 16.9 Å². The van der Waals surface area contributed by atoms with Crippen LogP contribution >= 0.6 is 0 Å². The van der Waals surface area contributed by atoms with Gasteiger partial charge in [0.15, 0.2) is 0 Å². The average Bonchev–Trinajstić information content (AvgIpc) is 3.01. The third-order valence-corrected chi connectivity index (χ3v) is 6.83. The molecule has 1 aliphatic carbocycles. The minimum absolute atomic E-state index is 0.363. The van der Waals surface area contributed by atoms with Crippen LogP contribution in [-0.4, -0.2) is 52.0 Å². The van der Waals surface area contributed by atoms with Crippen molar-refractivity contribution in [1.29, 1.82) is 0 Å². The summed E-state index contributed by atoms with van der Waals surface area (Å²) in [5, 5.41) is 2.82. The van der Waals surface area contributed by atoms with Crippen LogP contribution in [0.1, 0.15) is 31.2 Å². The summed E-state index contributed by atoms with van der Waals surface area (Å²) in [6.07, 6.45) is 1.85. The predicted octanol–water partition coefficient (Wildman–Crippen LogP) is 2.03. The summed E-state index contributed by atoms with van der Waals surface area (Å²) in [6, 6.07) is 5.21. The van der Waals surface area contributed by atoms with Crippen LogP contribution < -0.4 is 15.8 Å². The second-order valence-electron chi connectivity index (χ2n) is 8.77. The highest BCUT2D eigenvalue weighted by Gasteiger charge is 2.67. The number of benzene rings is 1. The molecule has 0 bridgehead atoms. The summed E-state index contributed by atoms with van der Waals surface area (Å²) in [7, 11) is 1.20. The van der Waals surface area contributed by atoms with Gasteiger partial charge < -0.3 is 9.47 Å². The summed E-state index contributed by atoms with van der Waals surface area (Å²) in [5.74, 6) is -5.65. The zero-order valence-electron chi connectivity index (χ0n) is 18.1. The molecular weight excluding hydrogens is 455 g/mol. The molecule has 5 rings (SSSR count). The van der Waals surface area contributed by atoms with Crippen LogP contribution in [0.2, 0.25) is 0 Å². The first-order valence-corrected chi connectivity index (χ1v) is 10.8. The minimum atomic E-state index is -5.28. The van der Waals surface area contributed by atoms with E-state index in [0.29, 0.717) is 35.3 Å². The SMILES string of the molecule is CN1C(=O)C2(NC1(N)OC(=O)C(F)(F)F)c1cc(-c3cncnc3)ccc1OC1CCCCC12. The number of halogens is 3. The number of carbonyl (C=O) groups is 2. The number of rotatable bonds is 2. The molecule has 180 valence electrons. The molecule has 3 N–H and O–H groups in total. The maximum absolute atomic E-state index is 13.8. The molecule has 1 saturated heterocycles. The van der Waals surface area contributed by atoms with Gasteiger partial charge in [0.25, 0.3) is 5.91 Å². The first kappa shape index (κ1) is 22.5. The topological polar surface area (TPSA) is 120 Å². The van der Waals surface area contributed by atoms with Crippen LogP contribution in [0, 0.1) is 5.92 Å². The van der Waals surface area contributed by atoms with Crippen molar-refractivity contribution in [2.24, 2.45) is 11.7 Å². The molecule has 3 aliphatic rings. The number of likely N-dealkylation sites (N-methyl/N-ethyl adjacent to an activating group) is 1. The molecule has 2 aliphatic heterocycles. The second-order valence-corrected chi connectivity index (χ2v) is 8.77. The van der Waals surface area contributed by atoms with E-state index in [1.165, 1.54) is 13.4 Å². The van der Waals surface area contributed by atoms with Crippen molar-refractivity contribution in [3.63, 3.8) is 0 Å². The molecule has 34 heavy (non-hydrogen) atoms. The lowest BCUT2D eigenvalue weighted by Crippen LogP contribution is -2.66. The molecule has 4 unspecified atom stereocenters. The van der Waals surface area contributed by atoms with Crippen molar-refractivity contribution in [1.82, 2.24) is 20.2 Å². The van der Waals surface area contributed by atoms with E-state index in [4.69, 9.17) is 10.5 Å². The highest BCUT2D eigenvalue weighted by Crippen LogP contribution is 2.53. The lowest BCUT2D eigenvalue weighted by atomic mass is 9.67. The fourth-order valence-electron chi connectivity index (χ4n) is 5.23.